The molecular formula is C30H43N3O4S. The highest BCUT2D eigenvalue weighted by Gasteiger charge is 2.47. The van der Waals surface area contributed by atoms with Gasteiger partial charge < -0.3 is 9.64 Å². The summed E-state index contributed by atoms with van der Waals surface area (Å²) in [7, 11) is -3.69. The zero-order valence-electron chi connectivity index (χ0n) is 23.5. The number of nitrogens with zero attached hydrogens (tertiary/aromatic N) is 3. The van der Waals surface area contributed by atoms with Crippen molar-refractivity contribution in [2.24, 2.45) is 5.92 Å². The number of hydrogen-bond acceptors (Lipinski definition) is 5. The maximum Gasteiger partial charge on any atom is 0.243 e. The van der Waals surface area contributed by atoms with Crippen LogP contribution in [0.25, 0.3) is 0 Å². The van der Waals surface area contributed by atoms with Gasteiger partial charge in [0.05, 0.1) is 23.6 Å². The Kier molecular flexibility index (Phi) is 8.97. The lowest BCUT2D eigenvalue weighted by Crippen LogP contribution is -2.64. The van der Waals surface area contributed by atoms with Crippen LogP contribution in [0.15, 0.2) is 53.4 Å². The Balaban J connectivity index is 1.53. The van der Waals surface area contributed by atoms with Crippen LogP contribution in [0.4, 0.5) is 5.69 Å². The van der Waals surface area contributed by atoms with E-state index >= 15 is 0 Å². The molecule has 2 aromatic rings. The van der Waals surface area contributed by atoms with Crippen LogP contribution < -0.4 is 4.90 Å². The van der Waals surface area contributed by atoms with Gasteiger partial charge in [-0.3, -0.25) is 9.69 Å². The topological polar surface area (TPSA) is 70.2 Å². The summed E-state index contributed by atoms with van der Waals surface area (Å²) in [5.74, 6) is 0.392. The van der Waals surface area contributed by atoms with Gasteiger partial charge in [0.2, 0.25) is 15.9 Å². The molecule has 0 bridgehead atoms. The quantitative estimate of drug-likeness (QED) is 0.488. The first-order chi connectivity index (χ1) is 18.0. The summed E-state index contributed by atoms with van der Waals surface area (Å²) < 4.78 is 36.0. The predicted molar refractivity (Wildman–Crippen MR) is 152 cm³/mol. The fourth-order valence-electron chi connectivity index (χ4n) is 5.82. The SMILES string of the molecule is CCN(C(=O)CN1CCCC2(C1)CN(S(=O)(=O)c1ccc(C)cc1)[C@@H](CC(C)C)CO2)c1cccc(C)c1. The van der Waals surface area contributed by atoms with Gasteiger partial charge >= 0.3 is 0 Å². The van der Waals surface area contributed by atoms with Crippen LogP contribution >= 0.6 is 0 Å². The molecule has 208 valence electrons. The smallest absolute Gasteiger partial charge is 0.243 e. The Morgan fingerprint density at radius 1 is 1.11 bits per heavy atom. The van der Waals surface area contributed by atoms with E-state index in [-0.39, 0.29) is 18.5 Å². The third kappa shape index (κ3) is 6.47. The molecule has 0 N–H and O–H groups in total. The van der Waals surface area contributed by atoms with Crippen LogP contribution in [0.1, 0.15) is 51.2 Å². The molecule has 1 spiro atoms. The minimum Gasteiger partial charge on any atom is -0.371 e. The molecule has 2 aromatic carbocycles. The Morgan fingerprint density at radius 2 is 1.84 bits per heavy atom. The highest BCUT2D eigenvalue weighted by molar-refractivity contribution is 7.89. The van der Waals surface area contributed by atoms with E-state index in [4.69, 9.17) is 4.74 Å². The number of carbonyl (C=O) groups is 1. The average molecular weight is 542 g/mol. The fourth-order valence-corrected chi connectivity index (χ4v) is 7.51. The van der Waals surface area contributed by atoms with Crippen molar-refractivity contribution in [1.29, 1.82) is 0 Å². The predicted octanol–water partition coefficient (Wildman–Crippen LogP) is 4.63. The number of benzene rings is 2. The standard InChI is InChI=1S/C30H43N3O4S/c1-6-32(26-10-7-9-25(5)18-26)29(34)19-31-16-8-15-30(21-31)22-33(27(20-37-30)17-23(2)3)38(35,36)28-13-11-24(4)12-14-28/h7,9-14,18,23,27H,6,8,15-17,19-22H2,1-5H3/t27-,30?/m0/s1. The summed E-state index contributed by atoms with van der Waals surface area (Å²) in [5.41, 5.74) is 2.43. The molecule has 0 aromatic heterocycles. The van der Waals surface area contributed by atoms with Crippen molar-refractivity contribution in [2.45, 2.75) is 70.4 Å². The molecule has 8 heteroatoms. The molecule has 1 unspecified atom stereocenters. The minimum absolute atomic E-state index is 0.0489. The number of ether oxygens (including phenoxy) is 1. The van der Waals surface area contributed by atoms with E-state index in [0.717, 1.165) is 42.6 Å². The van der Waals surface area contributed by atoms with E-state index in [1.807, 2.05) is 62.1 Å². The lowest BCUT2D eigenvalue weighted by molar-refractivity contribution is -0.146. The number of piperidine rings is 1. The van der Waals surface area contributed by atoms with E-state index in [1.165, 1.54) is 0 Å². The zero-order chi connectivity index (χ0) is 27.5. The molecule has 1 amide bonds. The fraction of sp³-hybridized carbons (Fsp3) is 0.567. The highest BCUT2D eigenvalue weighted by atomic mass is 32.2. The Bertz CT molecular complexity index is 1210. The van der Waals surface area contributed by atoms with Crippen LogP contribution in [0.3, 0.4) is 0 Å². The van der Waals surface area contributed by atoms with Gasteiger partial charge in [0.15, 0.2) is 0 Å². The maximum absolute atomic E-state index is 13.9. The molecule has 38 heavy (non-hydrogen) atoms. The number of hydrogen-bond donors (Lipinski definition) is 0. The van der Waals surface area contributed by atoms with Gasteiger partial charge in [-0.05, 0) is 82.3 Å². The number of carbonyl (C=O) groups excluding carboxylic acids is 1. The minimum atomic E-state index is -3.69. The lowest BCUT2D eigenvalue weighted by Gasteiger charge is -2.50. The number of amides is 1. The molecule has 2 atom stereocenters. The number of rotatable bonds is 8. The Hall–Kier alpha value is -2.26. The number of sulfonamides is 1. The Labute approximate surface area is 228 Å². The van der Waals surface area contributed by atoms with Crippen molar-refractivity contribution in [3.63, 3.8) is 0 Å². The second-order valence-electron chi connectivity index (χ2n) is 11.4. The van der Waals surface area contributed by atoms with Crippen molar-refractivity contribution in [3.05, 3.63) is 59.7 Å². The molecule has 4 rings (SSSR count). The van der Waals surface area contributed by atoms with Crippen molar-refractivity contribution in [1.82, 2.24) is 9.21 Å². The van der Waals surface area contributed by atoms with E-state index < -0.39 is 15.6 Å². The second kappa shape index (κ2) is 11.9. The van der Waals surface area contributed by atoms with Crippen molar-refractivity contribution >= 4 is 21.6 Å². The second-order valence-corrected chi connectivity index (χ2v) is 13.3. The van der Waals surface area contributed by atoms with Crippen LogP contribution in [0.5, 0.6) is 0 Å². The first kappa shape index (κ1) is 28.7. The molecule has 2 saturated heterocycles. The summed E-state index contributed by atoms with van der Waals surface area (Å²) in [6, 6.07) is 14.9. The van der Waals surface area contributed by atoms with Crippen molar-refractivity contribution in [3.8, 4) is 0 Å². The van der Waals surface area contributed by atoms with Gasteiger partial charge in [0, 0.05) is 31.4 Å². The van der Waals surface area contributed by atoms with Gasteiger partial charge in [0.25, 0.3) is 0 Å². The molecule has 7 nitrogen and oxygen atoms in total. The van der Waals surface area contributed by atoms with Crippen molar-refractivity contribution < 1.29 is 17.9 Å². The van der Waals surface area contributed by atoms with Gasteiger partial charge in [-0.25, -0.2) is 8.42 Å². The lowest BCUT2D eigenvalue weighted by atomic mass is 9.89. The molecule has 2 fully saturated rings. The summed E-state index contributed by atoms with van der Waals surface area (Å²) >= 11 is 0. The first-order valence-corrected chi connectivity index (χ1v) is 15.3. The van der Waals surface area contributed by atoms with Gasteiger partial charge in [0.1, 0.15) is 0 Å². The third-order valence-corrected chi connectivity index (χ3v) is 9.62. The van der Waals surface area contributed by atoms with E-state index in [9.17, 15) is 13.2 Å². The largest absolute Gasteiger partial charge is 0.371 e. The monoisotopic (exact) mass is 541 g/mol. The van der Waals surface area contributed by atoms with Gasteiger partial charge in [-0.1, -0.05) is 43.7 Å². The first-order valence-electron chi connectivity index (χ1n) is 13.8. The van der Waals surface area contributed by atoms with Crippen LogP contribution in [0.2, 0.25) is 0 Å². The van der Waals surface area contributed by atoms with Gasteiger partial charge in [-0.2, -0.15) is 4.31 Å². The third-order valence-electron chi connectivity index (χ3n) is 7.71. The zero-order valence-corrected chi connectivity index (χ0v) is 24.3. The molecule has 0 saturated carbocycles. The highest BCUT2D eigenvalue weighted by Crippen LogP contribution is 2.35. The molecule has 2 aliphatic rings. The Morgan fingerprint density at radius 3 is 2.50 bits per heavy atom. The van der Waals surface area contributed by atoms with Gasteiger partial charge in [-0.15, -0.1) is 0 Å². The van der Waals surface area contributed by atoms with E-state index in [0.29, 0.717) is 37.1 Å². The van der Waals surface area contributed by atoms with Crippen LogP contribution in [-0.2, 0) is 19.6 Å². The summed E-state index contributed by atoms with van der Waals surface area (Å²) in [6.45, 7) is 13.1. The summed E-state index contributed by atoms with van der Waals surface area (Å²) in [6.07, 6.45) is 2.38. The summed E-state index contributed by atoms with van der Waals surface area (Å²) in [4.78, 5) is 17.7. The average Bonchev–Trinajstić information content (AvgIpc) is 2.86. The number of likely N-dealkylation sites (tertiary alicyclic amines) is 1. The normalized spacial score (nSPS) is 23.2. The number of likely N-dealkylation sites (N-methyl/N-ethyl adjacent to an activating group) is 1. The molecule has 2 aliphatic heterocycles. The molecule has 0 radical (unpaired) electrons. The number of aryl methyl sites for hydroxylation is 2. The molecule has 2 heterocycles. The van der Waals surface area contributed by atoms with Crippen LogP contribution in [0, 0.1) is 19.8 Å². The molecular weight excluding hydrogens is 498 g/mol. The van der Waals surface area contributed by atoms with Crippen molar-refractivity contribution in [2.75, 3.05) is 44.2 Å². The number of morpholine rings is 1. The van der Waals surface area contributed by atoms with E-state index in [2.05, 4.69) is 18.7 Å². The summed E-state index contributed by atoms with van der Waals surface area (Å²) in [5, 5.41) is 0. The number of anilines is 1. The van der Waals surface area contributed by atoms with E-state index in [1.54, 1.807) is 16.4 Å². The maximum atomic E-state index is 13.9. The van der Waals surface area contributed by atoms with Crippen LogP contribution in [-0.4, -0.2) is 74.5 Å². The molecule has 0 aliphatic carbocycles.